The molecule has 5 nitrogen and oxygen atoms in total. The summed E-state index contributed by atoms with van der Waals surface area (Å²) in [6, 6.07) is 9.91. The third kappa shape index (κ3) is 3.56. The molecule has 1 aliphatic carbocycles. The van der Waals surface area contributed by atoms with Crippen molar-refractivity contribution in [1.29, 1.82) is 0 Å². The van der Waals surface area contributed by atoms with Gasteiger partial charge in [-0.25, -0.2) is 9.97 Å². The fourth-order valence-corrected chi connectivity index (χ4v) is 1.98. The van der Waals surface area contributed by atoms with Crippen molar-refractivity contribution in [3.8, 4) is 0 Å². The maximum Gasteiger partial charge on any atom is 0.274 e. The van der Waals surface area contributed by atoms with Gasteiger partial charge in [-0.1, -0.05) is 19.1 Å². The highest BCUT2D eigenvalue weighted by atomic mass is 16.1. The maximum absolute atomic E-state index is 12.2. The molecule has 2 aromatic rings. The molecule has 108 valence electrons. The minimum absolute atomic E-state index is 0.222. The van der Waals surface area contributed by atoms with Crippen molar-refractivity contribution in [3.05, 3.63) is 47.8 Å². The second-order valence-electron chi connectivity index (χ2n) is 5.19. The number of rotatable bonds is 5. The summed E-state index contributed by atoms with van der Waals surface area (Å²) in [7, 11) is 0. The Morgan fingerprint density at radius 3 is 2.67 bits per heavy atom. The Kier molecular flexibility index (Phi) is 3.81. The summed E-state index contributed by atoms with van der Waals surface area (Å²) in [5, 5.41) is 6.04. The van der Waals surface area contributed by atoms with Crippen molar-refractivity contribution in [2.75, 3.05) is 10.6 Å². The largest absolute Gasteiger partial charge is 0.351 e. The molecule has 0 radical (unpaired) electrons. The van der Waals surface area contributed by atoms with Crippen LogP contribution in [0.15, 0.2) is 36.5 Å². The summed E-state index contributed by atoms with van der Waals surface area (Å²) in [5.41, 5.74) is 2.38. The van der Waals surface area contributed by atoms with Crippen LogP contribution in [-0.2, 0) is 6.42 Å². The van der Waals surface area contributed by atoms with Crippen molar-refractivity contribution < 1.29 is 4.79 Å². The average molecular weight is 282 g/mol. The molecule has 2 N–H and O–H groups in total. The first kappa shape index (κ1) is 13.5. The van der Waals surface area contributed by atoms with E-state index in [0.717, 1.165) is 24.9 Å². The molecular weight excluding hydrogens is 264 g/mol. The molecule has 3 rings (SSSR count). The Hall–Kier alpha value is -2.43. The van der Waals surface area contributed by atoms with E-state index in [2.05, 4.69) is 27.5 Å². The van der Waals surface area contributed by atoms with E-state index in [-0.39, 0.29) is 5.91 Å². The molecule has 0 aliphatic heterocycles. The van der Waals surface area contributed by atoms with Crippen LogP contribution in [0.1, 0.15) is 35.8 Å². The molecule has 0 spiro atoms. The van der Waals surface area contributed by atoms with Crippen molar-refractivity contribution in [3.63, 3.8) is 0 Å². The lowest BCUT2D eigenvalue weighted by atomic mass is 10.1. The number of amides is 1. The fourth-order valence-electron chi connectivity index (χ4n) is 1.98. The van der Waals surface area contributed by atoms with Crippen LogP contribution in [0.5, 0.6) is 0 Å². The van der Waals surface area contributed by atoms with E-state index in [1.807, 2.05) is 24.3 Å². The zero-order valence-electron chi connectivity index (χ0n) is 12.0. The summed E-state index contributed by atoms with van der Waals surface area (Å²) >= 11 is 0. The second kappa shape index (κ2) is 5.91. The molecule has 21 heavy (non-hydrogen) atoms. The van der Waals surface area contributed by atoms with Crippen molar-refractivity contribution >= 4 is 17.5 Å². The molecule has 1 aromatic heterocycles. The Morgan fingerprint density at radius 1 is 1.24 bits per heavy atom. The van der Waals surface area contributed by atoms with Crippen molar-refractivity contribution in [2.24, 2.45) is 0 Å². The summed E-state index contributed by atoms with van der Waals surface area (Å²) in [6.45, 7) is 2.10. The van der Waals surface area contributed by atoms with Gasteiger partial charge in [0.1, 0.15) is 5.69 Å². The monoisotopic (exact) mass is 282 g/mol. The van der Waals surface area contributed by atoms with E-state index < -0.39 is 0 Å². The highest BCUT2D eigenvalue weighted by Crippen LogP contribution is 2.22. The van der Waals surface area contributed by atoms with E-state index in [1.54, 1.807) is 12.3 Å². The van der Waals surface area contributed by atoms with Gasteiger partial charge < -0.3 is 10.6 Å². The quantitative estimate of drug-likeness (QED) is 0.885. The molecule has 0 saturated heterocycles. The number of aromatic nitrogens is 2. The van der Waals surface area contributed by atoms with Crippen molar-refractivity contribution in [2.45, 2.75) is 32.2 Å². The molecule has 1 amide bonds. The number of nitrogens with zero attached hydrogens (tertiary/aromatic N) is 2. The van der Waals surface area contributed by atoms with Gasteiger partial charge in [-0.3, -0.25) is 4.79 Å². The first-order chi connectivity index (χ1) is 10.2. The van der Waals surface area contributed by atoms with Gasteiger partial charge >= 0.3 is 0 Å². The van der Waals surface area contributed by atoms with Gasteiger partial charge in [0.05, 0.1) is 0 Å². The lowest BCUT2D eigenvalue weighted by molar-refractivity contribution is 0.102. The molecule has 0 unspecified atom stereocenters. The SMILES string of the molecule is CCc1ccc(NC(=O)c2ccnc(NC3CC3)n2)cc1. The third-order valence-corrected chi connectivity index (χ3v) is 3.42. The third-order valence-electron chi connectivity index (χ3n) is 3.42. The molecule has 0 atom stereocenters. The maximum atomic E-state index is 12.2. The van der Waals surface area contributed by atoms with E-state index >= 15 is 0 Å². The van der Waals surface area contributed by atoms with Crippen LogP contribution in [0.4, 0.5) is 11.6 Å². The van der Waals surface area contributed by atoms with Gasteiger partial charge in [0.25, 0.3) is 5.91 Å². The van der Waals surface area contributed by atoms with E-state index in [9.17, 15) is 4.79 Å². The van der Waals surface area contributed by atoms with Crippen molar-refractivity contribution in [1.82, 2.24) is 9.97 Å². The standard InChI is InChI=1S/C16H18N4O/c1-2-11-3-5-12(6-4-11)18-15(21)14-9-10-17-16(20-14)19-13-7-8-13/h3-6,9-10,13H,2,7-8H2,1H3,(H,18,21)(H,17,19,20). The number of anilines is 2. The number of hydrogen-bond donors (Lipinski definition) is 2. The number of aryl methyl sites for hydroxylation is 1. The first-order valence-corrected chi connectivity index (χ1v) is 7.24. The zero-order chi connectivity index (χ0) is 14.7. The minimum atomic E-state index is -0.222. The molecule has 0 bridgehead atoms. The summed E-state index contributed by atoms with van der Waals surface area (Å²) < 4.78 is 0. The first-order valence-electron chi connectivity index (χ1n) is 7.24. The topological polar surface area (TPSA) is 66.9 Å². The number of hydrogen-bond acceptors (Lipinski definition) is 4. The van der Waals surface area contributed by atoms with E-state index in [0.29, 0.717) is 17.7 Å². The lowest BCUT2D eigenvalue weighted by Gasteiger charge is -2.07. The summed E-state index contributed by atoms with van der Waals surface area (Å²) in [6.07, 6.45) is 4.87. The molecular formula is C16H18N4O. The Balaban J connectivity index is 1.68. The predicted molar refractivity (Wildman–Crippen MR) is 82.4 cm³/mol. The summed E-state index contributed by atoms with van der Waals surface area (Å²) in [5.74, 6) is 0.298. The molecule has 1 aliphatic rings. The molecule has 1 heterocycles. The average Bonchev–Trinajstić information content (AvgIpc) is 3.32. The van der Waals surface area contributed by atoms with Crippen LogP contribution < -0.4 is 10.6 Å². The zero-order valence-corrected chi connectivity index (χ0v) is 12.0. The van der Waals surface area contributed by atoms with Gasteiger partial charge in [-0.2, -0.15) is 0 Å². The molecule has 1 saturated carbocycles. The smallest absolute Gasteiger partial charge is 0.274 e. The van der Waals surface area contributed by atoms with Gasteiger partial charge in [-0.05, 0) is 43.0 Å². The molecule has 1 aromatic carbocycles. The summed E-state index contributed by atoms with van der Waals surface area (Å²) in [4.78, 5) is 20.6. The number of benzene rings is 1. The number of nitrogens with one attached hydrogen (secondary N) is 2. The molecule has 5 heteroatoms. The number of carbonyl (C=O) groups is 1. The highest BCUT2D eigenvalue weighted by Gasteiger charge is 2.22. The van der Waals surface area contributed by atoms with Gasteiger partial charge in [0.2, 0.25) is 5.95 Å². The van der Waals surface area contributed by atoms with Gasteiger partial charge in [0, 0.05) is 17.9 Å². The van der Waals surface area contributed by atoms with Gasteiger partial charge in [-0.15, -0.1) is 0 Å². The van der Waals surface area contributed by atoms with Crippen LogP contribution in [0.2, 0.25) is 0 Å². The Bertz CT molecular complexity index is 635. The Morgan fingerprint density at radius 2 is 2.00 bits per heavy atom. The van der Waals surface area contributed by atoms with E-state index in [4.69, 9.17) is 0 Å². The van der Waals surface area contributed by atoms with Gasteiger partial charge in [0.15, 0.2) is 0 Å². The predicted octanol–water partition coefficient (Wildman–Crippen LogP) is 2.87. The highest BCUT2D eigenvalue weighted by molar-refractivity contribution is 6.02. The Labute approximate surface area is 123 Å². The fraction of sp³-hybridized carbons (Fsp3) is 0.312. The molecule has 1 fully saturated rings. The van der Waals surface area contributed by atoms with Crippen LogP contribution in [0, 0.1) is 0 Å². The minimum Gasteiger partial charge on any atom is -0.351 e. The number of carbonyl (C=O) groups excluding carboxylic acids is 1. The van der Waals surface area contributed by atoms with Crippen LogP contribution >= 0.6 is 0 Å². The second-order valence-corrected chi connectivity index (χ2v) is 5.19. The van der Waals surface area contributed by atoms with Crippen LogP contribution in [0.25, 0.3) is 0 Å². The van der Waals surface area contributed by atoms with E-state index in [1.165, 1.54) is 5.56 Å². The van der Waals surface area contributed by atoms with Crippen LogP contribution in [-0.4, -0.2) is 21.9 Å². The lowest BCUT2D eigenvalue weighted by Crippen LogP contribution is -2.15. The normalized spacial score (nSPS) is 13.8. The van der Waals surface area contributed by atoms with Crippen LogP contribution in [0.3, 0.4) is 0 Å².